The molecular weight excluding hydrogens is 360 g/mol. The van der Waals surface area contributed by atoms with Crippen molar-refractivity contribution >= 4 is 27.5 Å². The highest BCUT2D eigenvalue weighted by atomic mass is 35.5. The van der Waals surface area contributed by atoms with Crippen molar-refractivity contribution in [1.29, 1.82) is 0 Å². The van der Waals surface area contributed by atoms with Gasteiger partial charge in [-0.3, -0.25) is 4.79 Å². The molecule has 0 aliphatic carbocycles. The number of sulfonamides is 1. The largest absolute Gasteiger partial charge is 0.341 e. The molecule has 1 N–H and O–H groups in total. The van der Waals surface area contributed by atoms with E-state index in [4.69, 9.17) is 11.6 Å². The van der Waals surface area contributed by atoms with Gasteiger partial charge in [-0.25, -0.2) is 12.7 Å². The average Bonchev–Trinajstić information content (AvgIpc) is 2.59. The molecule has 5 nitrogen and oxygen atoms in total. The maximum Gasteiger partial charge on any atom is 0.253 e. The molecule has 2 aromatic rings. The Morgan fingerprint density at radius 1 is 1.16 bits per heavy atom. The van der Waals surface area contributed by atoms with Gasteiger partial charge in [0.25, 0.3) is 5.91 Å². The van der Waals surface area contributed by atoms with E-state index < -0.39 is 15.9 Å². The maximum atomic E-state index is 12.3. The highest BCUT2D eigenvalue weighted by Gasteiger charge is 2.20. The number of halogens is 1. The molecule has 2 aromatic carbocycles. The van der Waals surface area contributed by atoms with Crippen LogP contribution in [-0.2, 0) is 10.0 Å². The molecule has 0 aliphatic heterocycles. The highest BCUT2D eigenvalue weighted by molar-refractivity contribution is 7.89. The molecule has 0 aliphatic rings. The van der Waals surface area contributed by atoms with Crippen molar-refractivity contribution in [3.05, 3.63) is 64.7 Å². The molecule has 0 aromatic heterocycles. The lowest BCUT2D eigenvalue weighted by molar-refractivity contribution is 0.0958. The summed E-state index contributed by atoms with van der Waals surface area (Å²) in [6.45, 7) is 0.120. The molecule has 0 bridgehead atoms. The van der Waals surface area contributed by atoms with Crippen LogP contribution in [0.1, 0.15) is 15.9 Å². The van der Waals surface area contributed by atoms with Gasteiger partial charge >= 0.3 is 0 Å². The summed E-state index contributed by atoms with van der Waals surface area (Å²) in [5.41, 5.74) is 0.931. The topological polar surface area (TPSA) is 66.5 Å². The zero-order chi connectivity index (χ0) is 18.4. The van der Waals surface area contributed by atoms with Crippen LogP contribution in [0.25, 0.3) is 0 Å². The number of benzene rings is 2. The zero-order valence-corrected chi connectivity index (χ0v) is 15.4. The van der Waals surface area contributed by atoms with E-state index >= 15 is 0 Å². The minimum absolute atomic E-state index is 0.00224. The second-order valence-electron chi connectivity index (χ2n) is 5.28. The van der Waals surface area contributed by atoms with Crippen LogP contribution in [0.5, 0.6) is 0 Å². The molecule has 130 valence electrons. The second-order valence-corrected chi connectivity index (χ2v) is 7.84. The Morgan fingerprint density at radius 2 is 1.84 bits per heavy atom. The second kappa shape index (κ2) is 8.17. The summed E-state index contributed by atoms with van der Waals surface area (Å²) in [5, 5.41) is 2.78. The minimum Gasteiger partial charge on any atom is -0.341 e. The smallest absolute Gasteiger partial charge is 0.253 e. The Bertz CT molecular complexity index is 930. The molecule has 0 fully saturated rings. The normalized spacial score (nSPS) is 10.9. The molecule has 2 rings (SSSR count). The number of carbonyl (C=O) groups excluding carboxylic acids is 1. The van der Waals surface area contributed by atoms with Crippen LogP contribution in [0.4, 0.5) is 0 Å². The highest BCUT2D eigenvalue weighted by Crippen LogP contribution is 2.22. The first-order valence-electron chi connectivity index (χ1n) is 7.36. The molecule has 7 heteroatoms. The number of nitrogens with zero attached hydrogens (tertiary/aromatic N) is 1. The van der Waals surface area contributed by atoms with E-state index in [2.05, 4.69) is 17.2 Å². The van der Waals surface area contributed by atoms with Crippen molar-refractivity contribution in [3.63, 3.8) is 0 Å². The first-order chi connectivity index (χ1) is 11.8. The fourth-order valence-electron chi connectivity index (χ4n) is 1.94. The van der Waals surface area contributed by atoms with E-state index in [0.717, 1.165) is 9.87 Å². The van der Waals surface area contributed by atoms with Crippen molar-refractivity contribution in [1.82, 2.24) is 9.62 Å². The van der Waals surface area contributed by atoms with Gasteiger partial charge in [-0.05, 0) is 30.3 Å². The first kappa shape index (κ1) is 19.0. The van der Waals surface area contributed by atoms with E-state index in [1.807, 2.05) is 30.3 Å². The third-order valence-electron chi connectivity index (χ3n) is 3.30. The number of rotatable bonds is 4. The van der Waals surface area contributed by atoms with Gasteiger partial charge < -0.3 is 5.32 Å². The fourth-order valence-corrected chi connectivity index (χ4v) is 3.07. The lowest BCUT2D eigenvalue weighted by Crippen LogP contribution is -2.25. The van der Waals surface area contributed by atoms with E-state index in [1.54, 1.807) is 0 Å². The van der Waals surface area contributed by atoms with Crippen molar-refractivity contribution in [2.45, 2.75) is 4.90 Å². The van der Waals surface area contributed by atoms with Crippen LogP contribution >= 0.6 is 11.6 Å². The number of hydrogen-bond donors (Lipinski definition) is 1. The average molecular weight is 377 g/mol. The molecule has 0 atom stereocenters. The van der Waals surface area contributed by atoms with Crippen molar-refractivity contribution in [2.75, 3.05) is 20.6 Å². The molecule has 0 radical (unpaired) electrons. The van der Waals surface area contributed by atoms with Crippen LogP contribution in [0.15, 0.2) is 53.4 Å². The summed E-state index contributed by atoms with van der Waals surface area (Å²) in [6.07, 6.45) is 0. The van der Waals surface area contributed by atoms with Gasteiger partial charge in [0, 0.05) is 19.7 Å². The molecule has 1 amide bonds. The molecular formula is C18H17ClN2O3S. The fraction of sp³-hybridized carbons (Fsp3) is 0.167. The molecule has 25 heavy (non-hydrogen) atoms. The monoisotopic (exact) mass is 376 g/mol. The molecule has 0 saturated carbocycles. The van der Waals surface area contributed by atoms with Gasteiger partial charge in [0.15, 0.2) is 0 Å². The van der Waals surface area contributed by atoms with Gasteiger partial charge in [-0.1, -0.05) is 41.6 Å². The summed E-state index contributed by atoms with van der Waals surface area (Å²) in [7, 11) is -0.805. The number of nitrogens with one attached hydrogen (secondary N) is 1. The Balaban J connectivity index is 2.13. The number of carbonyl (C=O) groups is 1. The van der Waals surface area contributed by atoms with Crippen LogP contribution in [-0.4, -0.2) is 39.3 Å². The standard InChI is InChI=1S/C18H17ClN2O3S/c1-21(2)25(23,24)15-10-11-17(19)16(13-15)18(22)20-12-6-9-14-7-4-3-5-8-14/h3-5,7-8,10-11,13H,12H2,1-2H3,(H,20,22). The zero-order valence-electron chi connectivity index (χ0n) is 13.8. The van der Waals surface area contributed by atoms with Gasteiger partial charge in [-0.2, -0.15) is 0 Å². The van der Waals surface area contributed by atoms with E-state index in [1.165, 1.54) is 32.3 Å². The van der Waals surface area contributed by atoms with E-state index in [-0.39, 0.29) is 22.0 Å². The number of hydrogen-bond acceptors (Lipinski definition) is 3. The summed E-state index contributed by atoms with van der Waals surface area (Å²) in [6, 6.07) is 13.4. The van der Waals surface area contributed by atoms with Crippen molar-refractivity contribution < 1.29 is 13.2 Å². The molecule has 0 spiro atoms. The predicted octanol–water partition coefficient (Wildman–Crippen LogP) is 2.37. The third-order valence-corrected chi connectivity index (χ3v) is 5.45. The summed E-state index contributed by atoms with van der Waals surface area (Å²) < 4.78 is 25.4. The van der Waals surface area contributed by atoms with Crippen molar-refractivity contribution in [2.24, 2.45) is 0 Å². The number of amides is 1. The van der Waals surface area contributed by atoms with Crippen LogP contribution < -0.4 is 5.32 Å². The lowest BCUT2D eigenvalue weighted by Gasteiger charge is -2.13. The van der Waals surface area contributed by atoms with Crippen LogP contribution in [0, 0.1) is 11.8 Å². The first-order valence-corrected chi connectivity index (χ1v) is 9.18. The molecule has 0 saturated heterocycles. The molecule has 0 heterocycles. The van der Waals surface area contributed by atoms with Gasteiger partial charge in [0.1, 0.15) is 0 Å². The van der Waals surface area contributed by atoms with E-state index in [9.17, 15) is 13.2 Å². The summed E-state index contributed by atoms with van der Waals surface area (Å²) in [4.78, 5) is 12.3. The lowest BCUT2D eigenvalue weighted by atomic mass is 10.2. The van der Waals surface area contributed by atoms with Gasteiger partial charge in [-0.15, -0.1) is 0 Å². The Labute approximate surface area is 152 Å². The van der Waals surface area contributed by atoms with Crippen LogP contribution in [0.3, 0.4) is 0 Å². The van der Waals surface area contributed by atoms with Crippen molar-refractivity contribution in [3.8, 4) is 11.8 Å². The Morgan fingerprint density at radius 3 is 2.48 bits per heavy atom. The van der Waals surface area contributed by atoms with Gasteiger partial charge in [0.2, 0.25) is 10.0 Å². The quantitative estimate of drug-likeness (QED) is 0.833. The maximum absolute atomic E-state index is 12.3. The Hall–Kier alpha value is -2.33. The molecule has 0 unspecified atom stereocenters. The van der Waals surface area contributed by atoms with Gasteiger partial charge in [0.05, 0.1) is 22.0 Å². The third kappa shape index (κ3) is 4.83. The summed E-state index contributed by atoms with van der Waals surface area (Å²) in [5.74, 6) is 5.27. The Kier molecular flexibility index (Phi) is 6.21. The van der Waals surface area contributed by atoms with Crippen LogP contribution in [0.2, 0.25) is 5.02 Å². The predicted molar refractivity (Wildman–Crippen MR) is 98.0 cm³/mol. The summed E-state index contributed by atoms with van der Waals surface area (Å²) >= 11 is 6.02. The minimum atomic E-state index is -3.64. The van der Waals surface area contributed by atoms with E-state index in [0.29, 0.717) is 0 Å². The SMILES string of the molecule is CN(C)S(=O)(=O)c1ccc(Cl)c(C(=O)NCC#Cc2ccccc2)c1.